The molecule has 3 aromatic rings. The second kappa shape index (κ2) is 7.92. The van der Waals surface area contributed by atoms with E-state index < -0.39 is 5.97 Å². The van der Waals surface area contributed by atoms with Crippen LogP contribution >= 0.6 is 11.6 Å². The van der Waals surface area contributed by atoms with Gasteiger partial charge in [0.15, 0.2) is 5.69 Å². The molecular weight excluding hydrogens is 358 g/mol. The van der Waals surface area contributed by atoms with Crippen molar-refractivity contribution in [2.24, 2.45) is 0 Å². The molecule has 0 aliphatic rings. The van der Waals surface area contributed by atoms with Crippen LogP contribution in [0, 0.1) is 6.92 Å². The molecule has 134 valence electrons. The zero-order valence-electron chi connectivity index (χ0n) is 14.2. The first-order valence-electron chi connectivity index (χ1n) is 7.90. The van der Waals surface area contributed by atoms with Gasteiger partial charge >= 0.3 is 5.97 Å². The van der Waals surface area contributed by atoms with Crippen molar-refractivity contribution in [3.05, 3.63) is 52.5 Å². The maximum Gasteiger partial charge on any atom is 0.358 e. The van der Waals surface area contributed by atoms with Gasteiger partial charge in [-0.2, -0.15) is 0 Å². The molecular formula is C17H16ClN5O3. The van der Waals surface area contributed by atoms with Crippen molar-refractivity contribution in [3.63, 3.8) is 0 Å². The van der Waals surface area contributed by atoms with E-state index >= 15 is 0 Å². The Balaban J connectivity index is 1.73. The van der Waals surface area contributed by atoms with E-state index in [1.54, 1.807) is 37.4 Å². The number of aromatic nitrogens is 4. The number of hydrogen-bond acceptors (Lipinski definition) is 8. The Morgan fingerprint density at radius 1 is 1.27 bits per heavy atom. The van der Waals surface area contributed by atoms with Gasteiger partial charge in [0.05, 0.1) is 17.3 Å². The van der Waals surface area contributed by atoms with Crippen molar-refractivity contribution in [2.75, 3.05) is 11.9 Å². The predicted molar refractivity (Wildman–Crippen MR) is 94.8 cm³/mol. The van der Waals surface area contributed by atoms with Gasteiger partial charge in [0.2, 0.25) is 0 Å². The average molecular weight is 374 g/mol. The molecule has 0 atom stereocenters. The number of hydrogen-bond donors (Lipinski definition) is 1. The Bertz CT molecular complexity index is 894. The van der Waals surface area contributed by atoms with Crippen molar-refractivity contribution in [2.45, 2.75) is 20.4 Å². The molecule has 26 heavy (non-hydrogen) atoms. The second-order valence-corrected chi connectivity index (χ2v) is 5.74. The van der Waals surface area contributed by atoms with Crippen molar-refractivity contribution in [1.29, 1.82) is 0 Å². The zero-order valence-corrected chi connectivity index (χ0v) is 14.9. The predicted octanol–water partition coefficient (Wildman–Crippen LogP) is 3.28. The Morgan fingerprint density at radius 2 is 2.12 bits per heavy atom. The first kappa shape index (κ1) is 17.8. The minimum atomic E-state index is -0.502. The molecule has 0 amide bonds. The largest absolute Gasteiger partial charge is 0.461 e. The van der Waals surface area contributed by atoms with Crippen LogP contribution in [-0.2, 0) is 11.3 Å². The highest BCUT2D eigenvalue weighted by Gasteiger charge is 2.16. The lowest BCUT2D eigenvalue weighted by Gasteiger charge is -2.06. The minimum absolute atomic E-state index is 0.157. The average Bonchev–Trinajstić information content (AvgIpc) is 3.02. The molecule has 0 aliphatic heterocycles. The maximum absolute atomic E-state index is 11.6. The van der Waals surface area contributed by atoms with Crippen molar-refractivity contribution < 1.29 is 14.1 Å². The molecule has 0 fully saturated rings. The lowest BCUT2D eigenvalue weighted by Crippen LogP contribution is -2.10. The SMILES string of the molecule is CCOC(=O)c1ccc(NCc2c(-c3ccc(Cl)cn3)noc2C)nn1. The molecule has 0 bridgehead atoms. The highest BCUT2D eigenvalue weighted by atomic mass is 35.5. The minimum Gasteiger partial charge on any atom is -0.461 e. The topological polar surface area (TPSA) is 103 Å². The second-order valence-electron chi connectivity index (χ2n) is 5.31. The van der Waals surface area contributed by atoms with Gasteiger partial charge in [0, 0.05) is 18.3 Å². The number of anilines is 1. The number of rotatable bonds is 6. The number of carbonyl (C=O) groups excluding carboxylic acids is 1. The van der Waals surface area contributed by atoms with E-state index in [9.17, 15) is 4.79 Å². The van der Waals surface area contributed by atoms with Gasteiger partial charge in [-0.15, -0.1) is 10.2 Å². The number of ether oxygens (including phenoxy) is 1. The number of nitrogens with zero attached hydrogens (tertiary/aromatic N) is 4. The summed E-state index contributed by atoms with van der Waals surface area (Å²) >= 11 is 5.87. The summed E-state index contributed by atoms with van der Waals surface area (Å²) in [5.41, 5.74) is 2.29. The molecule has 1 N–H and O–H groups in total. The van der Waals surface area contributed by atoms with Crippen LogP contribution in [0.25, 0.3) is 11.4 Å². The molecule has 8 nitrogen and oxygen atoms in total. The van der Waals surface area contributed by atoms with Crippen LogP contribution in [0.3, 0.4) is 0 Å². The van der Waals surface area contributed by atoms with Gasteiger partial charge in [0.1, 0.15) is 17.3 Å². The van der Waals surface area contributed by atoms with Crippen LogP contribution in [0.2, 0.25) is 5.02 Å². The van der Waals surface area contributed by atoms with E-state index in [0.29, 0.717) is 34.5 Å². The summed E-state index contributed by atoms with van der Waals surface area (Å²) in [5.74, 6) is 0.673. The fourth-order valence-corrected chi connectivity index (χ4v) is 2.35. The third kappa shape index (κ3) is 3.97. The smallest absolute Gasteiger partial charge is 0.358 e. The summed E-state index contributed by atoms with van der Waals surface area (Å²) in [6.07, 6.45) is 1.55. The van der Waals surface area contributed by atoms with Gasteiger partial charge in [-0.05, 0) is 38.1 Å². The normalized spacial score (nSPS) is 10.6. The molecule has 3 rings (SSSR count). The third-order valence-corrected chi connectivity index (χ3v) is 3.77. The molecule has 0 aromatic carbocycles. The van der Waals surface area contributed by atoms with Gasteiger partial charge < -0.3 is 14.6 Å². The molecule has 3 heterocycles. The summed E-state index contributed by atoms with van der Waals surface area (Å²) in [4.78, 5) is 15.9. The maximum atomic E-state index is 11.6. The van der Waals surface area contributed by atoms with Crippen molar-refractivity contribution in [3.8, 4) is 11.4 Å². The van der Waals surface area contributed by atoms with E-state index in [4.69, 9.17) is 20.9 Å². The van der Waals surface area contributed by atoms with Crippen LogP contribution in [-0.4, -0.2) is 32.9 Å². The molecule has 9 heteroatoms. The van der Waals surface area contributed by atoms with Crippen LogP contribution in [0.5, 0.6) is 0 Å². The Labute approximate surface area is 154 Å². The summed E-state index contributed by atoms with van der Waals surface area (Å²) in [7, 11) is 0. The van der Waals surface area contributed by atoms with Crippen LogP contribution in [0.1, 0.15) is 28.7 Å². The zero-order chi connectivity index (χ0) is 18.5. The molecule has 0 saturated heterocycles. The number of halogens is 1. The first-order valence-corrected chi connectivity index (χ1v) is 8.28. The van der Waals surface area contributed by atoms with Gasteiger partial charge in [-0.3, -0.25) is 4.98 Å². The summed E-state index contributed by atoms with van der Waals surface area (Å²) in [6.45, 7) is 4.24. The Hall–Kier alpha value is -3.00. The lowest BCUT2D eigenvalue weighted by atomic mass is 10.1. The Morgan fingerprint density at radius 3 is 2.77 bits per heavy atom. The fraction of sp³-hybridized carbons (Fsp3) is 0.235. The standard InChI is InChI=1S/C17H16ClN5O3/c1-3-25-17(24)14-6-7-15(22-21-14)20-9-12-10(2)26-23-16(12)13-5-4-11(18)8-19-13/h4-8H,3,9H2,1-2H3,(H,20,22). The van der Waals surface area contributed by atoms with Crippen molar-refractivity contribution in [1.82, 2.24) is 20.3 Å². The highest BCUT2D eigenvalue weighted by Crippen LogP contribution is 2.25. The number of esters is 1. The molecule has 0 aliphatic carbocycles. The quantitative estimate of drug-likeness (QED) is 0.656. The summed E-state index contributed by atoms with van der Waals surface area (Å²) in [6, 6.07) is 6.72. The number of pyridine rings is 1. The number of aryl methyl sites for hydroxylation is 1. The van der Waals surface area contributed by atoms with E-state index in [1.807, 2.05) is 6.92 Å². The Kier molecular flexibility index (Phi) is 5.43. The van der Waals surface area contributed by atoms with Gasteiger partial charge in [0.25, 0.3) is 0 Å². The molecule has 0 saturated carbocycles. The van der Waals surface area contributed by atoms with Crippen molar-refractivity contribution >= 4 is 23.4 Å². The summed E-state index contributed by atoms with van der Waals surface area (Å²) in [5, 5.41) is 15.6. The number of nitrogens with one attached hydrogen (secondary N) is 1. The van der Waals surface area contributed by atoms with E-state index in [2.05, 4.69) is 25.7 Å². The fourth-order valence-electron chi connectivity index (χ4n) is 2.24. The van der Waals surface area contributed by atoms with Crippen LogP contribution in [0.15, 0.2) is 35.0 Å². The number of carbonyl (C=O) groups is 1. The van der Waals surface area contributed by atoms with Gasteiger partial charge in [-0.1, -0.05) is 16.8 Å². The lowest BCUT2D eigenvalue weighted by molar-refractivity contribution is 0.0518. The van der Waals surface area contributed by atoms with E-state index in [-0.39, 0.29) is 12.3 Å². The third-order valence-electron chi connectivity index (χ3n) is 3.55. The van der Waals surface area contributed by atoms with Gasteiger partial charge in [-0.25, -0.2) is 4.79 Å². The first-order chi connectivity index (χ1) is 12.6. The van der Waals surface area contributed by atoms with Crippen LogP contribution in [0.4, 0.5) is 5.82 Å². The van der Waals surface area contributed by atoms with E-state index in [0.717, 1.165) is 5.56 Å². The molecule has 0 radical (unpaired) electrons. The molecule has 3 aromatic heterocycles. The molecule has 0 unspecified atom stereocenters. The monoisotopic (exact) mass is 373 g/mol. The summed E-state index contributed by atoms with van der Waals surface area (Å²) < 4.78 is 10.2. The highest BCUT2D eigenvalue weighted by molar-refractivity contribution is 6.30. The molecule has 0 spiro atoms. The van der Waals surface area contributed by atoms with Crippen LogP contribution < -0.4 is 5.32 Å². The van der Waals surface area contributed by atoms with E-state index in [1.165, 1.54) is 0 Å².